The number of nitrogens with one attached hydrogen (secondary N) is 1. The van der Waals surface area contributed by atoms with Gasteiger partial charge in [-0.2, -0.15) is 0 Å². The molecule has 0 unspecified atom stereocenters. The van der Waals surface area contributed by atoms with Gasteiger partial charge in [0.05, 0.1) is 17.6 Å². The molecule has 0 saturated carbocycles. The minimum atomic E-state index is -3.63. The monoisotopic (exact) mass is 347 g/mol. The van der Waals surface area contributed by atoms with Gasteiger partial charge in [-0.1, -0.05) is 18.2 Å². The van der Waals surface area contributed by atoms with Crippen molar-refractivity contribution in [2.24, 2.45) is 0 Å². The Morgan fingerprint density at radius 2 is 1.75 bits per heavy atom. The Morgan fingerprint density at radius 3 is 2.33 bits per heavy atom. The van der Waals surface area contributed by atoms with Gasteiger partial charge in [-0.15, -0.1) is 6.58 Å². The van der Waals surface area contributed by atoms with Crippen LogP contribution in [-0.2, 0) is 10.0 Å². The predicted octanol–water partition coefficient (Wildman–Crippen LogP) is 2.38. The first-order chi connectivity index (χ1) is 11.5. The lowest BCUT2D eigenvalue weighted by Gasteiger charge is -2.09. The summed E-state index contributed by atoms with van der Waals surface area (Å²) in [5.41, 5.74) is 0.226. The molecule has 0 radical (unpaired) electrons. The number of rotatable bonds is 7. The molecule has 0 bridgehead atoms. The number of hydrogen-bond donors (Lipinski definition) is 1. The molecular formula is C17H17NO5S. The van der Waals surface area contributed by atoms with Gasteiger partial charge in [0.2, 0.25) is 10.0 Å². The third kappa shape index (κ3) is 4.21. The van der Waals surface area contributed by atoms with E-state index in [1.165, 1.54) is 37.5 Å². The molecule has 0 fully saturated rings. The SMILES string of the molecule is C=CCNS(=O)(=O)c1ccc(C(=O)Oc2ccccc2OC)cc1. The van der Waals surface area contributed by atoms with Crippen LogP contribution in [0.2, 0.25) is 0 Å². The van der Waals surface area contributed by atoms with Crippen molar-refractivity contribution in [2.45, 2.75) is 4.90 Å². The molecule has 0 atom stereocenters. The number of sulfonamides is 1. The molecule has 2 rings (SSSR count). The second-order valence-corrected chi connectivity index (χ2v) is 6.47. The van der Waals surface area contributed by atoms with E-state index in [9.17, 15) is 13.2 Å². The van der Waals surface area contributed by atoms with Gasteiger partial charge in [0.1, 0.15) is 0 Å². The van der Waals surface area contributed by atoms with Gasteiger partial charge < -0.3 is 9.47 Å². The summed E-state index contributed by atoms with van der Waals surface area (Å²) in [6.45, 7) is 3.58. The normalized spacial score (nSPS) is 10.9. The molecule has 126 valence electrons. The lowest BCUT2D eigenvalue weighted by Crippen LogP contribution is -2.23. The van der Waals surface area contributed by atoms with Crippen molar-refractivity contribution >= 4 is 16.0 Å². The van der Waals surface area contributed by atoms with E-state index in [2.05, 4.69) is 11.3 Å². The van der Waals surface area contributed by atoms with Gasteiger partial charge in [0, 0.05) is 6.54 Å². The van der Waals surface area contributed by atoms with E-state index in [4.69, 9.17) is 9.47 Å². The molecule has 7 heteroatoms. The molecule has 6 nitrogen and oxygen atoms in total. The lowest BCUT2D eigenvalue weighted by molar-refractivity contribution is 0.0729. The van der Waals surface area contributed by atoms with E-state index in [0.717, 1.165) is 0 Å². The summed E-state index contributed by atoms with van der Waals surface area (Å²) >= 11 is 0. The second kappa shape index (κ2) is 7.76. The summed E-state index contributed by atoms with van der Waals surface area (Å²) in [6, 6.07) is 12.2. The Kier molecular flexibility index (Phi) is 5.73. The maximum Gasteiger partial charge on any atom is 0.343 e. The van der Waals surface area contributed by atoms with Crippen molar-refractivity contribution in [3.8, 4) is 11.5 Å². The number of carbonyl (C=O) groups is 1. The number of esters is 1. The first-order valence-corrected chi connectivity index (χ1v) is 8.52. The van der Waals surface area contributed by atoms with Crippen LogP contribution in [-0.4, -0.2) is 28.0 Å². The zero-order valence-corrected chi connectivity index (χ0v) is 13.9. The van der Waals surface area contributed by atoms with Gasteiger partial charge in [-0.05, 0) is 36.4 Å². The quantitative estimate of drug-likeness (QED) is 0.472. The Hall–Kier alpha value is -2.64. The Balaban J connectivity index is 2.15. The molecule has 0 aliphatic heterocycles. The van der Waals surface area contributed by atoms with Gasteiger partial charge in [0.15, 0.2) is 11.5 Å². The molecule has 0 aliphatic carbocycles. The maximum atomic E-state index is 12.2. The number of methoxy groups -OCH3 is 1. The maximum absolute atomic E-state index is 12.2. The number of carbonyl (C=O) groups excluding carboxylic acids is 1. The van der Waals surface area contributed by atoms with Crippen molar-refractivity contribution in [3.63, 3.8) is 0 Å². The second-order valence-electron chi connectivity index (χ2n) is 4.71. The number of para-hydroxylation sites is 2. The van der Waals surface area contributed by atoms with E-state index < -0.39 is 16.0 Å². The van der Waals surface area contributed by atoms with Crippen LogP contribution in [0.25, 0.3) is 0 Å². The van der Waals surface area contributed by atoms with Crippen molar-refractivity contribution in [2.75, 3.05) is 13.7 Å². The van der Waals surface area contributed by atoms with Crippen LogP contribution in [0.4, 0.5) is 0 Å². The fraction of sp³-hybridized carbons (Fsp3) is 0.118. The van der Waals surface area contributed by atoms with Crippen molar-refractivity contribution in [3.05, 3.63) is 66.7 Å². The summed E-state index contributed by atoms with van der Waals surface area (Å²) in [5.74, 6) is 0.107. The van der Waals surface area contributed by atoms with E-state index in [1.807, 2.05) is 0 Å². The van der Waals surface area contributed by atoms with Crippen LogP contribution in [0.15, 0.2) is 66.1 Å². The molecule has 0 aromatic heterocycles. The van der Waals surface area contributed by atoms with Crippen LogP contribution in [0.5, 0.6) is 11.5 Å². The highest BCUT2D eigenvalue weighted by atomic mass is 32.2. The summed E-state index contributed by atoms with van der Waals surface area (Å²) in [6.07, 6.45) is 1.44. The highest BCUT2D eigenvalue weighted by Gasteiger charge is 2.16. The fourth-order valence-corrected chi connectivity index (χ4v) is 2.88. The van der Waals surface area contributed by atoms with Crippen molar-refractivity contribution in [1.29, 1.82) is 0 Å². The third-order valence-electron chi connectivity index (χ3n) is 3.09. The van der Waals surface area contributed by atoms with Gasteiger partial charge in [-0.25, -0.2) is 17.9 Å². The average Bonchev–Trinajstić information content (AvgIpc) is 2.60. The molecule has 0 saturated heterocycles. The van der Waals surface area contributed by atoms with Gasteiger partial charge in [0.25, 0.3) is 0 Å². The number of ether oxygens (including phenoxy) is 2. The molecule has 1 N–H and O–H groups in total. The highest BCUT2D eigenvalue weighted by Crippen LogP contribution is 2.26. The van der Waals surface area contributed by atoms with Crippen LogP contribution in [0, 0.1) is 0 Å². The zero-order valence-electron chi connectivity index (χ0n) is 13.1. The van der Waals surface area contributed by atoms with E-state index in [1.54, 1.807) is 24.3 Å². The molecule has 2 aromatic rings. The minimum Gasteiger partial charge on any atom is -0.493 e. The molecule has 0 aliphatic rings. The number of benzene rings is 2. The van der Waals surface area contributed by atoms with Gasteiger partial charge in [-0.3, -0.25) is 0 Å². The predicted molar refractivity (Wildman–Crippen MR) is 89.8 cm³/mol. The largest absolute Gasteiger partial charge is 0.493 e. The van der Waals surface area contributed by atoms with Crippen LogP contribution in [0.1, 0.15) is 10.4 Å². The number of hydrogen-bond acceptors (Lipinski definition) is 5. The van der Waals surface area contributed by atoms with Crippen LogP contribution < -0.4 is 14.2 Å². The Labute approximate surface area is 140 Å². The summed E-state index contributed by atoms with van der Waals surface area (Å²) in [7, 11) is -2.15. The molecule has 24 heavy (non-hydrogen) atoms. The highest BCUT2D eigenvalue weighted by molar-refractivity contribution is 7.89. The summed E-state index contributed by atoms with van der Waals surface area (Å²) in [4.78, 5) is 12.2. The fourth-order valence-electron chi connectivity index (χ4n) is 1.88. The smallest absolute Gasteiger partial charge is 0.343 e. The summed E-state index contributed by atoms with van der Waals surface area (Å²) < 4.78 is 36.6. The third-order valence-corrected chi connectivity index (χ3v) is 4.53. The standard InChI is InChI=1S/C17H17NO5S/c1-3-12-18-24(20,21)14-10-8-13(9-11-14)17(19)23-16-7-5-4-6-15(16)22-2/h3-11,18H,1,12H2,2H3. The van der Waals surface area contributed by atoms with Crippen LogP contribution >= 0.6 is 0 Å². The average molecular weight is 347 g/mol. The molecule has 0 amide bonds. The zero-order chi connectivity index (χ0) is 17.6. The topological polar surface area (TPSA) is 81.7 Å². The molecular weight excluding hydrogens is 330 g/mol. The Bertz CT molecular complexity index is 828. The first-order valence-electron chi connectivity index (χ1n) is 7.04. The lowest BCUT2D eigenvalue weighted by atomic mass is 10.2. The van der Waals surface area contributed by atoms with Crippen LogP contribution in [0.3, 0.4) is 0 Å². The van der Waals surface area contributed by atoms with E-state index >= 15 is 0 Å². The molecule has 0 spiro atoms. The molecule has 0 heterocycles. The minimum absolute atomic E-state index is 0.0539. The van der Waals surface area contributed by atoms with Crippen molar-refractivity contribution < 1.29 is 22.7 Å². The molecule has 2 aromatic carbocycles. The first kappa shape index (κ1) is 17.7. The van der Waals surface area contributed by atoms with Crippen molar-refractivity contribution in [1.82, 2.24) is 4.72 Å². The van der Waals surface area contributed by atoms with E-state index in [0.29, 0.717) is 5.75 Å². The Morgan fingerprint density at radius 1 is 1.12 bits per heavy atom. The summed E-state index contributed by atoms with van der Waals surface area (Å²) in [5, 5.41) is 0. The van der Waals surface area contributed by atoms with Gasteiger partial charge >= 0.3 is 5.97 Å². The van der Waals surface area contributed by atoms with E-state index in [-0.39, 0.29) is 22.8 Å².